The number of carbonyl (C=O) groups is 3. The van der Waals surface area contributed by atoms with Crippen LogP contribution in [0.5, 0.6) is 0 Å². The smallest absolute Gasteiger partial charge is 0.288 e. The molecule has 0 atom stereocenters. The first kappa shape index (κ1) is 15.3. The van der Waals surface area contributed by atoms with Crippen LogP contribution in [-0.2, 0) is 4.79 Å². The predicted molar refractivity (Wildman–Crippen MR) is 86.8 cm³/mol. The second kappa shape index (κ2) is 6.66. The van der Waals surface area contributed by atoms with Crippen LogP contribution in [-0.4, -0.2) is 45.8 Å². The van der Waals surface area contributed by atoms with Crippen molar-refractivity contribution in [3.05, 3.63) is 42.1 Å². The van der Waals surface area contributed by atoms with Gasteiger partial charge in [-0.3, -0.25) is 25.2 Å². The van der Waals surface area contributed by atoms with Gasteiger partial charge < -0.3 is 4.90 Å². The fraction of sp³-hybridized carbons (Fsp3) is 0.200. The number of hydrazine groups is 1. The first-order chi connectivity index (χ1) is 11.1. The van der Waals surface area contributed by atoms with Gasteiger partial charge in [0, 0.05) is 17.7 Å². The van der Waals surface area contributed by atoms with E-state index >= 15 is 0 Å². The van der Waals surface area contributed by atoms with Crippen LogP contribution in [0, 0.1) is 0 Å². The van der Waals surface area contributed by atoms with Crippen molar-refractivity contribution in [2.45, 2.75) is 0 Å². The lowest BCUT2D eigenvalue weighted by molar-refractivity contribution is -0.122. The van der Waals surface area contributed by atoms with Crippen molar-refractivity contribution in [1.82, 2.24) is 20.7 Å². The van der Waals surface area contributed by atoms with Gasteiger partial charge in [0.05, 0.1) is 5.52 Å². The summed E-state index contributed by atoms with van der Waals surface area (Å²) in [7, 11) is 0. The molecule has 7 nitrogen and oxygen atoms in total. The van der Waals surface area contributed by atoms with Crippen molar-refractivity contribution in [3.63, 3.8) is 0 Å². The highest BCUT2D eigenvalue weighted by Gasteiger charge is 2.23. The second-order valence-electron chi connectivity index (χ2n) is 4.93. The maximum absolute atomic E-state index is 12.0. The van der Waals surface area contributed by atoms with Crippen molar-refractivity contribution in [1.29, 1.82) is 0 Å². The van der Waals surface area contributed by atoms with Gasteiger partial charge in [-0.1, -0.05) is 36.0 Å². The quantitative estimate of drug-likeness (QED) is 0.824. The molecule has 0 unspecified atom stereocenters. The standard InChI is InChI=1S/C15H14N4O3S/c20-13(9-19-7-8-23-15(19)22)17-18-14(21)12-6-5-10-3-1-2-4-11(10)16-12/h1-6H,7-9H2,(H,17,20)(H,18,21). The van der Waals surface area contributed by atoms with E-state index in [2.05, 4.69) is 15.8 Å². The van der Waals surface area contributed by atoms with Crippen LogP contribution in [0.3, 0.4) is 0 Å². The van der Waals surface area contributed by atoms with Crippen LogP contribution in [0.2, 0.25) is 0 Å². The van der Waals surface area contributed by atoms with E-state index in [1.165, 1.54) is 16.7 Å². The van der Waals surface area contributed by atoms with E-state index in [0.717, 1.165) is 5.39 Å². The molecule has 118 valence electrons. The zero-order valence-electron chi connectivity index (χ0n) is 12.1. The summed E-state index contributed by atoms with van der Waals surface area (Å²) in [5, 5.41) is 0.806. The van der Waals surface area contributed by atoms with Gasteiger partial charge >= 0.3 is 0 Å². The van der Waals surface area contributed by atoms with E-state index in [9.17, 15) is 14.4 Å². The lowest BCUT2D eigenvalue weighted by Gasteiger charge is -2.14. The number of hydrogen-bond donors (Lipinski definition) is 2. The molecule has 3 amide bonds. The fourth-order valence-electron chi connectivity index (χ4n) is 2.17. The normalized spacial score (nSPS) is 14.1. The molecule has 2 N–H and O–H groups in total. The van der Waals surface area contributed by atoms with Crippen LogP contribution in [0.4, 0.5) is 4.79 Å². The number of benzene rings is 1. The molecule has 0 saturated carbocycles. The average molecular weight is 330 g/mol. The lowest BCUT2D eigenvalue weighted by Crippen LogP contribution is -2.46. The molecule has 0 spiro atoms. The van der Waals surface area contributed by atoms with Crippen LogP contribution in [0.1, 0.15) is 10.5 Å². The molecule has 1 saturated heterocycles. The van der Waals surface area contributed by atoms with Gasteiger partial charge in [-0.15, -0.1) is 0 Å². The Morgan fingerprint density at radius 3 is 2.78 bits per heavy atom. The van der Waals surface area contributed by atoms with Crippen molar-refractivity contribution >= 4 is 39.7 Å². The third-order valence-electron chi connectivity index (χ3n) is 3.33. The average Bonchev–Trinajstić information content (AvgIpc) is 2.97. The van der Waals surface area contributed by atoms with Crippen LogP contribution in [0.15, 0.2) is 36.4 Å². The second-order valence-corrected chi connectivity index (χ2v) is 5.97. The zero-order chi connectivity index (χ0) is 16.2. The lowest BCUT2D eigenvalue weighted by atomic mass is 10.2. The number of thioether (sulfide) groups is 1. The largest absolute Gasteiger partial charge is 0.323 e. The Morgan fingerprint density at radius 1 is 1.17 bits per heavy atom. The maximum Gasteiger partial charge on any atom is 0.288 e. The number of rotatable bonds is 3. The Kier molecular flexibility index (Phi) is 4.42. The summed E-state index contributed by atoms with van der Waals surface area (Å²) in [4.78, 5) is 40.8. The number of hydrogen-bond acceptors (Lipinski definition) is 5. The molecule has 3 rings (SSSR count). The zero-order valence-corrected chi connectivity index (χ0v) is 12.9. The Hall–Kier alpha value is -2.61. The molecule has 0 radical (unpaired) electrons. The van der Waals surface area contributed by atoms with E-state index in [-0.39, 0.29) is 17.5 Å². The molecule has 2 aromatic rings. The van der Waals surface area contributed by atoms with Crippen molar-refractivity contribution in [3.8, 4) is 0 Å². The minimum atomic E-state index is -0.508. The van der Waals surface area contributed by atoms with Gasteiger partial charge in [-0.25, -0.2) is 4.98 Å². The highest BCUT2D eigenvalue weighted by Crippen LogP contribution is 2.16. The van der Waals surface area contributed by atoms with Gasteiger partial charge in [0.15, 0.2) is 0 Å². The highest BCUT2D eigenvalue weighted by atomic mass is 32.2. The van der Waals surface area contributed by atoms with Gasteiger partial charge in [-0.2, -0.15) is 0 Å². The third kappa shape index (κ3) is 3.59. The monoisotopic (exact) mass is 330 g/mol. The summed E-state index contributed by atoms with van der Waals surface area (Å²) in [5.41, 5.74) is 5.51. The van der Waals surface area contributed by atoms with E-state index in [0.29, 0.717) is 17.8 Å². The fourth-order valence-corrected chi connectivity index (χ4v) is 2.99. The number of carbonyl (C=O) groups excluding carboxylic acids is 3. The van der Waals surface area contributed by atoms with Crippen molar-refractivity contribution in [2.75, 3.05) is 18.8 Å². The summed E-state index contributed by atoms with van der Waals surface area (Å²) in [5.74, 6) is -0.277. The highest BCUT2D eigenvalue weighted by molar-refractivity contribution is 8.13. The topological polar surface area (TPSA) is 91.4 Å². The maximum atomic E-state index is 12.0. The van der Waals surface area contributed by atoms with Crippen LogP contribution >= 0.6 is 11.8 Å². The van der Waals surface area contributed by atoms with E-state index < -0.39 is 11.8 Å². The van der Waals surface area contributed by atoms with Crippen LogP contribution in [0.25, 0.3) is 10.9 Å². The molecule has 1 aliphatic rings. The van der Waals surface area contributed by atoms with Gasteiger partial charge in [0.25, 0.3) is 17.1 Å². The van der Waals surface area contributed by atoms with Gasteiger partial charge in [0.2, 0.25) is 0 Å². The number of fused-ring (bicyclic) bond motifs is 1. The third-order valence-corrected chi connectivity index (χ3v) is 4.22. The molecule has 23 heavy (non-hydrogen) atoms. The molecule has 8 heteroatoms. The van der Waals surface area contributed by atoms with E-state index in [4.69, 9.17) is 0 Å². The van der Waals surface area contributed by atoms with Crippen LogP contribution < -0.4 is 10.9 Å². The Labute approximate surface area is 136 Å². The molecule has 1 aromatic heterocycles. The molecule has 2 heterocycles. The molecular formula is C15H14N4O3S. The van der Waals surface area contributed by atoms with E-state index in [1.54, 1.807) is 18.2 Å². The molecular weight excluding hydrogens is 316 g/mol. The number of nitrogens with zero attached hydrogens (tertiary/aromatic N) is 2. The first-order valence-electron chi connectivity index (χ1n) is 7.00. The number of para-hydroxylation sites is 1. The minimum Gasteiger partial charge on any atom is -0.323 e. The molecule has 0 bridgehead atoms. The first-order valence-corrected chi connectivity index (χ1v) is 7.99. The van der Waals surface area contributed by atoms with Gasteiger partial charge in [0.1, 0.15) is 12.2 Å². The molecule has 1 aliphatic heterocycles. The minimum absolute atomic E-state index is 0.0722. The van der Waals surface area contributed by atoms with Crippen molar-refractivity contribution < 1.29 is 14.4 Å². The van der Waals surface area contributed by atoms with E-state index in [1.807, 2.05) is 18.2 Å². The number of aromatic nitrogens is 1. The Morgan fingerprint density at radius 2 is 2.00 bits per heavy atom. The summed E-state index contributed by atoms with van der Waals surface area (Å²) in [6, 6.07) is 10.8. The summed E-state index contributed by atoms with van der Waals surface area (Å²) in [6.45, 7) is 0.467. The van der Waals surface area contributed by atoms with Gasteiger partial charge in [-0.05, 0) is 12.1 Å². The predicted octanol–water partition coefficient (Wildman–Crippen LogP) is 1.16. The molecule has 1 fully saturated rings. The SMILES string of the molecule is O=C(CN1CCSC1=O)NNC(=O)c1ccc2ccccc2n1. The Balaban J connectivity index is 1.57. The number of pyridine rings is 1. The Bertz CT molecular complexity index is 780. The molecule has 1 aromatic carbocycles. The summed E-state index contributed by atoms with van der Waals surface area (Å²) < 4.78 is 0. The summed E-state index contributed by atoms with van der Waals surface area (Å²) >= 11 is 1.18. The number of amides is 3. The number of nitrogens with one attached hydrogen (secondary N) is 2. The molecule has 0 aliphatic carbocycles. The van der Waals surface area contributed by atoms with Crippen molar-refractivity contribution in [2.24, 2.45) is 0 Å². The summed E-state index contributed by atoms with van der Waals surface area (Å²) in [6.07, 6.45) is 0.